The second-order valence-corrected chi connectivity index (χ2v) is 3.17. The topological polar surface area (TPSA) is 0 Å². The molecule has 0 bridgehead atoms. The summed E-state index contributed by atoms with van der Waals surface area (Å²) in [6.45, 7) is 0. The van der Waals surface area contributed by atoms with Gasteiger partial charge in [0.1, 0.15) is 0 Å². The second-order valence-electron chi connectivity index (χ2n) is 3.17. The fourth-order valence-corrected chi connectivity index (χ4v) is 1.73. The van der Waals surface area contributed by atoms with Crippen LogP contribution in [-0.4, -0.2) is 0 Å². The highest BCUT2D eigenvalue weighted by molar-refractivity contribution is 5.27. The fourth-order valence-electron chi connectivity index (χ4n) is 1.73. The average Bonchev–Trinajstić information content (AvgIpc) is 2.39. The predicted octanol–water partition coefficient (Wildman–Crippen LogP) is 2.84. The van der Waals surface area contributed by atoms with Crippen LogP contribution in [0.15, 0.2) is 36.5 Å². The van der Waals surface area contributed by atoms with Crippen LogP contribution >= 0.6 is 0 Å². The lowest BCUT2D eigenvalue weighted by molar-refractivity contribution is 0.450. The van der Waals surface area contributed by atoms with Gasteiger partial charge >= 0.3 is 0 Å². The molecule has 0 aromatic carbocycles. The summed E-state index contributed by atoms with van der Waals surface area (Å²) < 4.78 is 0. The Morgan fingerprint density at radius 1 is 1.00 bits per heavy atom. The summed E-state index contributed by atoms with van der Waals surface area (Å²) in [6.07, 6.45) is 17.3. The molecule has 0 heteroatoms. The van der Waals surface area contributed by atoms with Crippen LogP contribution in [0.2, 0.25) is 0 Å². The van der Waals surface area contributed by atoms with Crippen LogP contribution in [0, 0.1) is 5.41 Å². The van der Waals surface area contributed by atoms with Crippen LogP contribution < -0.4 is 0 Å². The maximum Gasteiger partial charge on any atom is 0.0104 e. The Labute approximate surface area is 61.9 Å². The first-order valence-corrected chi connectivity index (χ1v) is 3.93. The van der Waals surface area contributed by atoms with Crippen molar-refractivity contribution >= 4 is 0 Å². The van der Waals surface area contributed by atoms with Gasteiger partial charge in [0.25, 0.3) is 0 Å². The highest BCUT2D eigenvalue weighted by Crippen LogP contribution is 2.38. The van der Waals surface area contributed by atoms with E-state index in [9.17, 15) is 0 Å². The van der Waals surface area contributed by atoms with E-state index in [0.717, 1.165) is 0 Å². The SMILES string of the molecule is C1=CC2(C=C1)CC=CCC2. The highest BCUT2D eigenvalue weighted by atomic mass is 14.3. The Bertz CT molecular complexity index is 194. The van der Waals surface area contributed by atoms with Crippen LogP contribution in [-0.2, 0) is 0 Å². The lowest BCUT2D eigenvalue weighted by Gasteiger charge is -2.25. The summed E-state index contributed by atoms with van der Waals surface area (Å²) in [5.41, 5.74) is 0.425. The summed E-state index contributed by atoms with van der Waals surface area (Å²) in [5.74, 6) is 0. The smallest absolute Gasteiger partial charge is 0.0104 e. The van der Waals surface area contributed by atoms with Crippen LogP contribution in [0.4, 0.5) is 0 Å². The van der Waals surface area contributed by atoms with Gasteiger partial charge < -0.3 is 0 Å². The Morgan fingerprint density at radius 3 is 2.40 bits per heavy atom. The summed E-state index contributed by atoms with van der Waals surface area (Å²) in [4.78, 5) is 0. The minimum Gasteiger partial charge on any atom is -0.0885 e. The quantitative estimate of drug-likeness (QED) is 0.444. The molecule has 0 N–H and O–H groups in total. The van der Waals surface area contributed by atoms with E-state index in [-0.39, 0.29) is 0 Å². The molecule has 0 aliphatic heterocycles. The third kappa shape index (κ3) is 0.841. The summed E-state index contributed by atoms with van der Waals surface area (Å²) in [7, 11) is 0. The van der Waals surface area contributed by atoms with Crippen molar-refractivity contribution in [3.63, 3.8) is 0 Å². The van der Waals surface area contributed by atoms with Gasteiger partial charge in [-0.1, -0.05) is 36.5 Å². The van der Waals surface area contributed by atoms with E-state index in [1.54, 1.807) is 0 Å². The van der Waals surface area contributed by atoms with Crippen LogP contribution in [0.5, 0.6) is 0 Å². The number of hydrogen-bond donors (Lipinski definition) is 0. The lowest BCUT2D eigenvalue weighted by atomic mass is 9.79. The van der Waals surface area contributed by atoms with Crippen molar-refractivity contribution < 1.29 is 0 Å². The number of allylic oxidation sites excluding steroid dienone is 6. The zero-order valence-corrected chi connectivity index (χ0v) is 6.09. The van der Waals surface area contributed by atoms with Crippen LogP contribution in [0.25, 0.3) is 0 Å². The molecular weight excluding hydrogens is 120 g/mol. The molecule has 52 valence electrons. The van der Waals surface area contributed by atoms with E-state index < -0.39 is 0 Å². The van der Waals surface area contributed by atoms with Crippen molar-refractivity contribution in [1.82, 2.24) is 0 Å². The molecule has 0 fully saturated rings. The predicted molar refractivity (Wildman–Crippen MR) is 43.7 cm³/mol. The summed E-state index contributed by atoms with van der Waals surface area (Å²) in [6, 6.07) is 0. The Kier molecular flexibility index (Phi) is 1.26. The molecule has 0 saturated heterocycles. The van der Waals surface area contributed by atoms with E-state index >= 15 is 0 Å². The standard InChI is InChI=1S/C10H12/c1-2-6-10(7-3-1)8-4-5-9-10/h1-2,4-5,8-9H,3,6-7H2. The molecule has 0 heterocycles. The molecule has 0 radical (unpaired) electrons. The van der Waals surface area contributed by atoms with Gasteiger partial charge in [0, 0.05) is 5.41 Å². The molecular formula is C10H12. The van der Waals surface area contributed by atoms with E-state index in [1.165, 1.54) is 19.3 Å². The van der Waals surface area contributed by atoms with Crippen LogP contribution in [0.1, 0.15) is 19.3 Å². The van der Waals surface area contributed by atoms with Crippen molar-refractivity contribution in [3.05, 3.63) is 36.5 Å². The molecule has 1 spiro atoms. The Hall–Kier alpha value is -0.780. The van der Waals surface area contributed by atoms with Gasteiger partial charge in [-0.15, -0.1) is 0 Å². The third-order valence-corrected chi connectivity index (χ3v) is 2.41. The molecule has 10 heavy (non-hydrogen) atoms. The lowest BCUT2D eigenvalue weighted by Crippen LogP contribution is -2.13. The maximum absolute atomic E-state index is 2.33. The monoisotopic (exact) mass is 132 g/mol. The van der Waals surface area contributed by atoms with Gasteiger partial charge in [-0.2, -0.15) is 0 Å². The molecule has 0 atom stereocenters. The molecule has 0 amide bonds. The minimum absolute atomic E-state index is 0.425. The average molecular weight is 132 g/mol. The van der Waals surface area contributed by atoms with Crippen molar-refractivity contribution in [1.29, 1.82) is 0 Å². The van der Waals surface area contributed by atoms with Crippen molar-refractivity contribution in [3.8, 4) is 0 Å². The van der Waals surface area contributed by atoms with Gasteiger partial charge in [0.05, 0.1) is 0 Å². The highest BCUT2D eigenvalue weighted by Gasteiger charge is 2.25. The molecule has 2 rings (SSSR count). The second kappa shape index (κ2) is 2.12. The van der Waals surface area contributed by atoms with Gasteiger partial charge in [0.15, 0.2) is 0 Å². The first-order chi connectivity index (χ1) is 4.91. The minimum atomic E-state index is 0.425. The van der Waals surface area contributed by atoms with Gasteiger partial charge in [0.2, 0.25) is 0 Å². The summed E-state index contributed by atoms with van der Waals surface area (Å²) in [5, 5.41) is 0. The van der Waals surface area contributed by atoms with E-state index in [4.69, 9.17) is 0 Å². The molecule has 2 aliphatic rings. The zero-order valence-electron chi connectivity index (χ0n) is 6.09. The van der Waals surface area contributed by atoms with E-state index in [0.29, 0.717) is 5.41 Å². The Balaban J connectivity index is 2.23. The van der Waals surface area contributed by atoms with Gasteiger partial charge in [-0.05, 0) is 19.3 Å². The molecule has 0 nitrogen and oxygen atoms in total. The molecule has 0 aromatic rings. The Morgan fingerprint density at radius 2 is 1.80 bits per heavy atom. The molecule has 0 saturated carbocycles. The fraction of sp³-hybridized carbons (Fsp3) is 0.400. The van der Waals surface area contributed by atoms with Gasteiger partial charge in [-0.3, -0.25) is 0 Å². The van der Waals surface area contributed by atoms with Gasteiger partial charge in [-0.25, -0.2) is 0 Å². The maximum atomic E-state index is 2.33. The van der Waals surface area contributed by atoms with Crippen molar-refractivity contribution in [2.45, 2.75) is 19.3 Å². The largest absolute Gasteiger partial charge is 0.0885 e. The summed E-state index contributed by atoms with van der Waals surface area (Å²) >= 11 is 0. The molecule has 0 unspecified atom stereocenters. The van der Waals surface area contributed by atoms with Crippen molar-refractivity contribution in [2.75, 3.05) is 0 Å². The van der Waals surface area contributed by atoms with Crippen LogP contribution in [0.3, 0.4) is 0 Å². The molecule has 2 aliphatic carbocycles. The number of rotatable bonds is 0. The normalized spacial score (nSPS) is 26.4. The number of hydrogen-bond acceptors (Lipinski definition) is 0. The van der Waals surface area contributed by atoms with E-state index in [1.807, 2.05) is 0 Å². The first kappa shape index (κ1) is 5.96. The zero-order chi connectivity index (χ0) is 6.86. The molecule has 0 aromatic heterocycles. The first-order valence-electron chi connectivity index (χ1n) is 3.93. The van der Waals surface area contributed by atoms with E-state index in [2.05, 4.69) is 36.5 Å². The van der Waals surface area contributed by atoms with Crippen molar-refractivity contribution in [2.24, 2.45) is 5.41 Å². The third-order valence-electron chi connectivity index (χ3n) is 2.41.